The number of terminal acetylenes is 1. The van der Waals surface area contributed by atoms with Crippen LogP contribution in [0.15, 0.2) is 59.7 Å². The molecule has 2 aromatic carbocycles. The van der Waals surface area contributed by atoms with Crippen LogP contribution in [0.1, 0.15) is 39.1 Å². The molecule has 0 atom stereocenters. The number of carbonyl (C=O) groups excluding carboxylic acids is 2. The van der Waals surface area contributed by atoms with Crippen molar-refractivity contribution in [3.8, 4) is 18.1 Å². The molecule has 2 amide bonds. The van der Waals surface area contributed by atoms with Gasteiger partial charge in [0.05, 0.1) is 47.4 Å². The second-order valence-electron chi connectivity index (χ2n) is 8.92. The number of aliphatic imine (C=N–C) groups is 1. The number of rotatable bonds is 8. The van der Waals surface area contributed by atoms with Gasteiger partial charge >= 0.3 is 5.97 Å². The summed E-state index contributed by atoms with van der Waals surface area (Å²) < 4.78 is 20.1. The van der Waals surface area contributed by atoms with Crippen LogP contribution in [-0.4, -0.2) is 59.3 Å². The number of nitrogens with one attached hydrogen (secondary N) is 2. The summed E-state index contributed by atoms with van der Waals surface area (Å²) in [6.07, 6.45) is 9.52. The highest BCUT2D eigenvalue weighted by atomic mass is 19.1. The van der Waals surface area contributed by atoms with E-state index in [2.05, 4.69) is 26.5 Å². The maximum Gasteiger partial charge on any atom is 0.306 e. The lowest BCUT2D eigenvalue weighted by molar-refractivity contribution is -0.143. The van der Waals surface area contributed by atoms with Crippen LogP contribution in [-0.2, 0) is 4.79 Å². The van der Waals surface area contributed by atoms with Crippen LogP contribution in [0, 0.1) is 24.1 Å². The van der Waals surface area contributed by atoms with Crippen molar-refractivity contribution in [1.29, 1.82) is 0 Å². The van der Waals surface area contributed by atoms with Crippen molar-refractivity contribution in [1.82, 2.24) is 9.88 Å². The minimum absolute atomic E-state index is 0.0506. The second-order valence-corrected chi connectivity index (χ2v) is 8.92. The zero-order valence-corrected chi connectivity index (χ0v) is 21.6. The first kappa shape index (κ1) is 27.8. The molecule has 1 saturated heterocycles. The number of carboxylic acid groups (broad SMARTS) is 1. The molecule has 1 aliphatic rings. The number of aromatic nitrogens is 1. The van der Waals surface area contributed by atoms with E-state index in [0.717, 1.165) is 6.07 Å². The molecule has 1 fully saturated rings. The number of benzene rings is 2. The Labute approximate surface area is 229 Å². The van der Waals surface area contributed by atoms with E-state index in [1.54, 1.807) is 24.5 Å². The monoisotopic (exact) mass is 543 g/mol. The molecule has 0 saturated carbocycles. The van der Waals surface area contributed by atoms with E-state index in [9.17, 15) is 18.8 Å². The van der Waals surface area contributed by atoms with E-state index < -0.39 is 23.6 Å². The van der Waals surface area contributed by atoms with Crippen molar-refractivity contribution < 1.29 is 28.6 Å². The Balaban J connectivity index is 1.48. The fraction of sp³-hybridized carbons (Fsp3) is 0.207. The molecule has 204 valence electrons. The van der Waals surface area contributed by atoms with Gasteiger partial charge in [0, 0.05) is 25.4 Å². The number of methoxy groups -OCH3 is 1. The third-order valence-electron chi connectivity index (χ3n) is 6.36. The predicted molar refractivity (Wildman–Crippen MR) is 148 cm³/mol. The van der Waals surface area contributed by atoms with Gasteiger partial charge in [-0.25, -0.2) is 14.4 Å². The number of aliphatic carboxylic acids is 1. The van der Waals surface area contributed by atoms with Gasteiger partial charge < -0.3 is 25.4 Å². The second kappa shape index (κ2) is 12.5. The maximum atomic E-state index is 14.9. The topological polar surface area (TPSA) is 133 Å². The van der Waals surface area contributed by atoms with Crippen molar-refractivity contribution in [3.63, 3.8) is 0 Å². The van der Waals surface area contributed by atoms with Crippen LogP contribution >= 0.6 is 0 Å². The van der Waals surface area contributed by atoms with Gasteiger partial charge in [-0.05, 0) is 55.3 Å². The molecular weight excluding hydrogens is 517 g/mol. The van der Waals surface area contributed by atoms with Crippen molar-refractivity contribution >= 4 is 41.3 Å². The third kappa shape index (κ3) is 6.60. The van der Waals surface area contributed by atoms with Crippen LogP contribution in [0.25, 0.3) is 0 Å². The van der Waals surface area contributed by atoms with E-state index >= 15 is 0 Å². The van der Waals surface area contributed by atoms with Gasteiger partial charge in [-0.2, -0.15) is 0 Å². The highest BCUT2D eigenvalue weighted by Gasteiger charge is 2.23. The Bertz CT molecular complexity index is 1510. The van der Waals surface area contributed by atoms with E-state index in [-0.39, 0.29) is 28.6 Å². The molecule has 0 bridgehead atoms. The highest BCUT2D eigenvalue weighted by molar-refractivity contribution is 6.13. The number of ether oxygens (including phenoxy) is 1. The van der Waals surface area contributed by atoms with Gasteiger partial charge in [-0.15, -0.1) is 6.42 Å². The lowest BCUT2D eigenvalue weighted by Gasteiger charge is -2.28. The van der Waals surface area contributed by atoms with E-state index in [1.807, 2.05) is 4.90 Å². The number of carboxylic acids is 1. The number of likely N-dealkylation sites (tertiary alicyclic amines) is 1. The Hall–Kier alpha value is -5.24. The summed E-state index contributed by atoms with van der Waals surface area (Å²) in [5.41, 5.74) is 0.586. The standard InChI is InChI=1S/C29H26FN5O5/c1-3-18-5-4-12-31-26(18)34-28(37)23-16-21(40-2)7-9-25(23)33-27(36)22-8-6-20(15-24(22)30)32-17-35-13-10-19(11-14-35)29(38)39/h1,4-9,12,15-17,19H,10-11,13-14H2,2H3,(H,33,36)(H,38,39)(H,31,34,37). The van der Waals surface area contributed by atoms with Crippen molar-refractivity contribution in [2.45, 2.75) is 12.8 Å². The summed E-state index contributed by atoms with van der Waals surface area (Å²) in [7, 11) is 1.43. The van der Waals surface area contributed by atoms with Gasteiger partial charge in [0.15, 0.2) is 0 Å². The van der Waals surface area contributed by atoms with E-state index in [0.29, 0.717) is 42.9 Å². The first-order valence-electron chi connectivity index (χ1n) is 12.3. The molecule has 3 N–H and O–H groups in total. The van der Waals surface area contributed by atoms with E-state index in [1.165, 1.54) is 37.6 Å². The molecule has 1 aromatic heterocycles. The van der Waals surface area contributed by atoms with Gasteiger partial charge in [0.1, 0.15) is 17.4 Å². The summed E-state index contributed by atoms with van der Waals surface area (Å²) in [5, 5.41) is 14.3. The zero-order valence-electron chi connectivity index (χ0n) is 21.6. The van der Waals surface area contributed by atoms with Crippen LogP contribution in [0.5, 0.6) is 5.75 Å². The van der Waals surface area contributed by atoms with Crippen LogP contribution in [0.2, 0.25) is 0 Å². The molecule has 11 heteroatoms. The predicted octanol–water partition coefficient (Wildman–Crippen LogP) is 4.17. The number of pyridine rings is 1. The Morgan fingerprint density at radius 2 is 1.88 bits per heavy atom. The van der Waals surface area contributed by atoms with Crippen molar-refractivity contribution in [2.75, 3.05) is 30.8 Å². The number of amides is 2. The first-order chi connectivity index (χ1) is 19.3. The lowest BCUT2D eigenvalue weighted by Crippen LogP contribution is -2.35. The number of carbonyl (C=O) groups is 3. The van der Waals surface area contributed by atoms with Crippen LogP contribution in [0.3, 0.4) is 0 Å². The molecule has 0 spiro atoms. The third-order valence-corrected chi connectivity index (χ3v) is 6.36. The number of halogens is 1. The summed E-state index contributed by atoms with van der Waals surface area (Å²) in [4.78, 5) is 47.4. The van der Waals surface area contributed by atoms with Gasteiger partial charge in [-0.1, -0.05) is 5.92 Å². The number of hydrogen-bond donors (Lipinski definition) is 3. The summed E-state index contributed by atoms with van der Waals surface area (Å²) in [5.74, 6) is -0.384. The van der Waals surface area contributed by atoms with E-state index in [4.69, 9.17) is 16.3 Å². The minimum atomic E-state index is -0.804. The molecule has 0 aliphatic carbocycles. The number of nitrogens with zero attached hydrogens (tertiary/aromatic N) is 3. The van der Waals surface area contributed by atoms with Crippen LogP contribution in [0.4, 0.5) is 21.6 Å². The SMILES string of the molecule is C#Cc1cccnc1NC(=O)c1cc(OC)ccc1NC(=O)c1ccc(N=CN2CCC(C(=O)O)CC2)cc1F. The Kier molecular flexibility index (Phi) is 8.71. The average Bonchev–Trinajstić information content (AvgIpc) is 2.96. The first-order valence-corrected chi connectivity index (χ1v) is 12.3. The number of hydrogen-bond acceptors (Lipinski definition) is 6. The molecular formula is C29H26FN5O5. The average molecular weight is 544 g/mol. The smallest absolute Gasteiger partial charge is 0.306 e. The molecule has 1 aliphatic heterocycles. The van der Waals surface area contributed by atoms with Gasteiger partial charge in [0.2, 0.25) is 0 Å². The molecule has 3 aromatic rings. The maximum absolute atomic E-state index is 14.9. The summed E-state index contributed by atoms with van der Waals surface area (Å²) in [6.45, 7) is 1.07. The van der Waals surface area contributed by atoms with Crippen molar-refractivity contribution in [3.05, 3.63) is 77.2 Å². The molecule has 4 rings (SSSR count). The van der Waals surface area contributed by atoms with Gasteiger partial charge in [-0.3, -0.25) is 14.4 Å². The summed E-state index contributed by atoms with van der Waals surface area (Å²) in [6, 6.07) is 11.6. The van der Waals surface area contributed by atoms with Crippen LogP contribution < -0.4 is 15.4 Å². The molecule has 0 radical (unpaired) electrons. The molecule has 0 unspecified atom stereocenters. The fourth-order valence-corrected chi connectivity index (χ4v) is 4.11. The molecule has 10 nitrogen and oxygen atoms in total. The number of piperidine rings is 1. The molecule has 40 heavy (non-hydrogen) atoms. The highest BCUT2D eigenvalue weighted by Crippen LogP contribution is 2.26. The Morgan fingerprint density at radius 1 is 1.12 bits per heavy atom. The normalized spacial score (nSPS) is 13.5. The lowest BCUT2D eigenvalue weighted by atomic mass is 9.98. The minimum Gasteiger partial charge on any atom is -0.497 e. The van der Waals surface area contributed by atoms with Crippen molar-refractivity contribution in [2.24, 2.45) is 10.9 Å². The largest absolute Gasteiger partial charge is 0.497 e. The summed E-state index contributed by atoms with van der Waals surface area (Å²) >= 11 is 0. The fourth-order valence-electron chi connectivity index (χ4n) is 4.11. The Morgan fingerprint density at radius 3 is 2.55 bits per heavy atom. The van der Waals surface area contributed by atoms with Gasteiger partial charge in [0.25, 0.3) is 11.8 Å². The number of anilines is 2. The zero-order chi connectivity index (χ0) is 28.6. The molecule has 2 heterocycles. The quantitative estimate of drug-likeness (QED) is 0.221.